The Morgan fingerprint density at radius 3 is 2.09 bits per heavy atom. The number of carbonyl (C=O) groups excluding carboxylic acids is 2. The Balaban J connectivity index is 1.33. The zero-order valence-corrected chi connectivity index (χ0v) is 17.5. The van der Waals surface area contributed by atoms with Crippen LogP contribution in [0.5, 0.6) is 0 Å². The molecule has 7 heteroatoms. The summed E-state index contributed by atoms with van der Waals surface area (Å²) in [5.41, 5.74) is 5.42. The fourth-order valence-corrected chi connectivity index (χ4v) is 3.80. The lowest BCUT2D eigenvalue weighted by Gasteiger charge is -2.14. The van der Waals surface area contributed by atoms with Crippen molar-refractivity contribution in [3.05, 3.63) is 89.5 Å². The molecule has 7 nitrogen and oxygen atoms in total. The Bertz CT molecular complexity index is 1230. The molecule has 0 heterocycles. The predicted octanol–water partition coefficient (Wildman–Crippen LogP) is 3.87. The molecular weight excluding hydrogens is 420 g/mol. The molecule has 0 saturated heterocycles. The van der Waals surface area contributed by atoms with Crippen molar-refractivity contribution in [1.29, 1.82) is 0 Å². The van der Waals surface area contributed by atoms with E-state index in [-0.39, 0.29) is 19.1 Å². The number of hydrogen-bond donors (Lipinski definition) is 3. The van der Waals surface area contributed by atoms with Gasteiger partial charge in [0.25, 0.3) is 5.91 Å². The van der Waals surface area contributed by atoms with Gasteiger partial charge >= 0.3 is 12.1 Å². The third-order valence-electron chi connectivity index (χ3n) is 5.27. The van der Waals surface area contributed by atoms with Gasteiger partial charge in [-0.3, -0.25) is 10.1 Å². The molecule has 2 amide bonds. The zero-order chi connectivity index (χ0) is 23.2. The van der Waals surface area contributed by atoms with Gasteiger partial charge in [-0.1, -0.05) is 54.5 Å². The summed E-state index contributed by atoms with van der Waals surface area (Å²) in [6.07, 6.45) is -0.585. The molecule has 33 heavy (non-hydrogen) atoms. The largest absolute Gasteiger partial charge is 0.472 e. The lowest BCUT2D eigenvalue weighted by atomic mass is 9.98. The highest BCUT2D eigenvalue weighted by Gasteiger charge is 2.28. The molecule has 1 aliphatic carbocycles. The standard InChI is InChI=1S/C26H20N2O5/c29-24(30)10-5-15-27-25(31)17-11-13-18(14-12-17)28-26(32)33-16-23-21-8-3-1-6-19(21)20-7-2-4-9-22(20)23/h1-4,6-9,11-14,23H,15-16H2,(H,27,31)(H,28,32)(H,29,30). The van der Waals surface area contributed by atoms with Gasteiger partial charge in [-0.25, -0.2) is 9.59 Å². The van der Waals surface area contributed by atoms with Crippen molar-refractivity contribution in [2.45, 2.75) is 5.92 Å². The van der Waals surface area contributed by atoms with Crippen molar-refractivity contribution in [3.8, 4) is 23.0 Å². The number of benzene rings is 3. The number of ether oxygens (including phenoxy) is 1. The number of carboxylic acids is 1. The smallest absolute Gasteiger partial charge is 0.411 e. The molecule has 3 aromatic rings. The van der Waals surface area contributed by atoms with Gasteiger partial charge < -0.3 is 15.2 Å². The lowest BCUT2D eigenvalue weighted by molar-refractivity contribution is -0.130. The number of nitrogens with one attached hydrogen (secondary N) is 2. The van der Waals surface area contributed by atoms with Gasteiger partial charge in [0.05, 0.1) is 6.54 Å². The Hall–Kier alpha value is -4.57. The van der Waals surface area contributed by atoms with Crippen molar-refractivity contribution in [2.24, 2.45) is 0 Å². The second-order valence-electron chi connectivity index (χ2n) is 7.32. The highest BCUT2D eigenvalue weighted by atomic mass is 16.5. The third kappa shape index (κ3) is 5.02. The van der Waals surface area contributed by atoms with Gasteiger partial charge in [-0.05, 0) is 46.5 Å². The van der Waals surface area contributed by atoms with E-state index in [4.69, 9.17) is 9.84 Å². The first-order valence-electron chi connectivity index (χ1n) is 10.2. The molecular formula is C26H20N2O5. The molecule has 0 spiro atoms. The second kappa shape index (κ2) is 9.71. The van der Waals surface area contributed by atoms with Crippen LogP contribution in [0.25, 0.3) is 11.1 Å². The Morgan fingerprint density at radius 2 is 1.48 bits per heavy atom. The molecule has 164 valence electrons. The van der Waals surface area contributed by atoms with Crippen LogP contribution in [0.3, 0.4) is 0 Å². The molecule has 0 aromatic heterocycles. The minimum absolute atomic E-state index is 0.0292. The summed E-state index contributed by atoms with van der Waals surface area (Å²) in [5.74, 6) is 2.55. The first-order chi connectivity index (χ1) is 16.0. The minimum Gasteiger partial charge on any atom is -0.472 e. The van der Waals surface area contributed by atoms with Crippen molar-refractivity contribution >= 4 is 23.7 Å². The van der Waals surface area contributed by atoms with Crippen LogP contribution in [-0.2, 0) is 9.53 Å². The van der Waals surface area contributed by atoms with E-state index >= 15 is 0 Å². The molecule has 0 saturated carbocycles. The monoisotopic (exact) mass is 440 g/mol. The molecule has 4 rings (SSSR count). The highest BCUT2D eigenvalue weighted by molar-refractivity contribution is 5.95. The number of rotatable bonds is 5. The Kier molecular flexibility index (Phi) is 6.37. The quantitative estimate of drug-likeness (QED) is 0.523. The average molecular weight is 440 g/mol. The van der Waals surface area contributed by atoms with Crippen LogP contribution in [-0.4, -0.2) is 36.2 Å². The van der Waals surface area contributed by atoms with Gasteiger partial charge in [0.1, 0.15) is 6.61 Å². The third-order valence-corrected chi connectivity index (χ3v) is 5.27. The lowest BCUT2D eigenvalue weighted by Crippen LogP contribution is -2.23. The fraction of sp³-hybridized carbons (Fsp3) is 0.115. The van der Waals surface area contributed by atoms with Crippen LogP contribution in [0.2, 0.25) is 0 Å². The number of carbonyl (C=O) groups is 3. The van der Waals surface area contributed by atoms with Gasteiger partial charge in [-0.15, -0.1) is 0 Å². The summed E-state index contributed by atoms with van der Waals surface area (Å²) < 4.78 is 5.51. The van der Waals surface area contributed by atoms with Crippen LogP contribution in [0, 0.1) is 11.8 Å². The van der Waals surface area contributed by atoms with E-state index < -0.39 is 18.0 Å². The maximum Gasteiger partial charge on any atom is 0.411 e. The molecule has 1 aliphatic rings. The zero-order valence-electron chi connectivity index (χ0n) is 17.5. The number of fused-ring (bicyclic) bond motifs is 3. The summed E-state index contributed by atoms with van der Waals surface area (Å²) in [4.78, 5) is 34.7. The molecule has 0 fully saturated rings. The van der Waals surface area contributed by atoms with Gasteiger partial charge in [0.15, 0.2) is 0 Å². The van der Waals surface area contributed by atoms with E-state index in [1.807, 2.05) is 30.2 Å². The molecule has 0 bridgehead atoms. The van der Waals surface area contributed by atoms with E-state index in [0.717, 1.165) is 22.3 Å². The predicted molar refractivity (Wildman–Crippen MR) is 123 cm³/mol. The molecule has 0 atom stereocenters. The number of hydrogen-bond acceptors (Lipinski definition) is 4. The maximum absolute atomic E-state index is 12.4. The summed E-state index contributed by atoms with van der Waals surface area (Å²) in [6.45, 7) is 0.128. The highest BCUT2D eigenvalue weighted by Crippen LogP contribution is 2.44. The molecule has 0 radical (unpaired) electrons. The summed E-state index contributed by atoms with van der Waals surface area (Å²) >= 11 is 0. The summed E-state index contributed by atoms with van der Waals surface area (Å²) in [6, 6.07) is 22.5. The molecule has 3 N–H and O–H groups in total. The van der Waals surface area contributed by atoms with Gasteiger partial charge in [0.2, 0.25) is 0 Å². The molecule has 0 unspecified atom stereocenters. The van der Waals surface area contributed by atoms with E-state index in [1.54, 1.807) is 24.3 Å². The van der Waals surface area contributed by atoms with Gasteiger partial charge in [0, 0.05) is 23.1 Å². The fourth-order valence-electron chi connectivity index (χ4n) is 3.80. The van der Waals surface area contributed by atoms with E-state index in [1.165, 1.54) is 0 Å². The van der Waals surface area contributed by atoms with Crippen molar-refractivity contribution in [2.75, 3.05) is 18.5 Å². The van der Waals surface area contributed by atoms with Crippen molar-refractivity contribution in [1.82, 2.24) is 5.32 Å². The number of anilines is 1. The average Bonchev–Trinajstić information content (AvgIpc) is 3.14. The van der Waals surface area contributed by atoms with Crippen molar-refractivity contribution in [3.63, 3.8) is 0 Å². The SMILES string of the molecule is O=C(O)C#CCNC(=O)c1ccc(NC(=O)OCC2c3ccccc3-c3ccccc32)cc1. The Morgan fingerprint density at radius 1 is 0.879 bits per heavy atom. The first kappa shape index (κ1) is 21.7. The minimum atomic E-state index is -1.26. The normalized spacial score (nSPS) is 11.4. The molecule has 0 aliphatic heterocycles. The van der Waals surface area contributed by atoms with E-state index in [9.17, 15) is 14.4 Å². The molecule has 3 aromatic carbocycles. The van der Waals surface area contributed by atoms with Crippen LogP contribution >= 0.6 is 0 Å². The van der Waals surface area contributed by atoms with Gasteiger partial charge in [-0.2, -0.15) is 0 Å². The topological polar surface area (TPSA) is 105 Å². The van der Waals surface area contributed by atoms with Crippen LogP contribution in [0.4, 0.5) is 10.5 Å². The first-order valence-corrected chi connectivity index (χ1v) is 10.2. The van der Waals surface area contributed by atoms with Crippen LogP contribution < -0.4 is 10.6 Å². The number of carboxylic acid groups (broad SMARTS) is 1. The van der Waals surface area contributed by atoms with E-state index in [2.05, 4.69) is 40.8 Å². The van der Waals surface area contributed by atoms with Crippen LogP contribution in [0.15, 0.2) is 72.8 Å². The summed E-state index contributed by atoms with van der Waals surface area (Å²) in [7, 11) is 0. The van der Waals surface area contributed by atoms with E-state index in [0.29, 0.717) is 11.3 Å². The Labute approximate surface area is 190 Å². The van der Waals surface area contributed by atoms with Crippen molar-refractivity contribution < 1.29 is 24.2 Å². The number of amides is 2. The van der Waals surface area contributed by atoms with Crippen LogP contribution in [0.1, 0.15) is 27.4 Å². The second-order valence-corrected chi connectivity index (χ2v) is 7.32. The summed E-state index contributed by atoms with van der Waals surface area (Å²) in [5, 5.41) is 13.6. The number of aliphatic carboxylic acids is 1. The maximum atomic E-state index is 12.4.